The van der Waals surface area contributed by atoms with E-state index in [1.807, 2.05) is 19.9 Å². The van der Waals surface area contributed by atoms with Crippen LogP contribution in [0, 0.1) is 17.2 Å². The minimum Gasteiger partial charge on any atom is -0.350 e. The molecule has 1 aromatic heterocycles. The summed E-state index contributed by atoms with van der Waals surface area (Å²) < 4.78 is 0. The fourth-order valence-corrected chi connectivity index (χ4v) is 1.71. The molecule has 0 spiro atoms. The predicted octanol–water partition coefficient (Wildman–Crippen LogP) is 2.48. The second-order valence-corrected chi connectivity index (χ2v) is 5.21. The van der Waals surface area contributed by atoms with Gasteiger partial charge < -0.3 is 10.6 Å². The van der Waals surface area contributed by atoms with Crippen LogP contribution in [0.5, 0.6) is 0 Å². The van der Waals surface area contributed by atoms with Crippen molar-refractivity contribution in [3.8, 4) is 6.07 Å². The first-order valence-corrected chi connectivity index (χ1v) is 6.96. The van der Waals surface area contributed by atoms with Gasteiger partial charge in [-0.05, 0) is 24.1 Å². The Hall–Kier alpha value is -2.94. The minimum absolute atomic E-state index is 0.237. The number of amides is 1. The molecule has 112 valence electrons. The van der Waals surface area contributed by atoms with Gasteiger partial charge in [0.1, 0.15) is 11.5 Å². The largest absolute Gasteiger partial charge is 0.350 e. The van der Waals surface area contributed by atoms with E-state index >= 15 is 0 Å². The molecule has 2 aromatic rings. The van der Waals surface area contributed by atoms with E-state index in [2.05, 4.69) is 26.7 Å². The lowest BCUT2D eigenvalue weighted by molar-refractivity contribution is 0.0943. The van der Waals surface area contributed by atoms with Gasteiger partial charge in [-0.1, -0.05) is 19.9 Å². The summed E-state index contributed by atoms with van der Waals surface area (Å²) in [5, 5.41) is 14.7. The molecule has 0 aliphatic carbocycles. The highest BCUT2D eigenvalue weighted by molar-refractivity contribution is 5.92. The van der Waals surface area contributed by atoms with E-state index in [-0.39, 0.29) is 11.6 Å². The topological polar surface area (TPSA) is 90.7 Å². The average Bonchev–Trinajstić information content (AvgIpc) is 2.53. The molecular weight excluding hydrogens is 278 g/mol. The number of nitrogens with one attached hydrogen (secondary N) is 2. The quantitative estimate of drug-likeness (QED) is 0.884. The fourth-order valence-electron chi connectivity index (χ4n) is 1.71. The van der Waals surface area contributed by atoms with E-state index in [1.54, 1.807) is 18.2 Å². The first-order chi connectivity index (χ1) is 10.6. The van der Waals surface area contributed by atoms with Gasteiger partial charge in [-0.25, -0.2) is 9.97 Å². The van der Waals surface area contributed by atoms with Gasteiger partial charge in [0, 0.05) is 12.2 Å². The molecule has 0 saturated carbocycles. The molecule has 6 nitrogen and oxygen atoms in total. The Morgan fingerprint density at radius 3 is 2.77 bits per heavy atom. The van der Waals surface area contributed by atoms with Crippen LogP contribution in [0.4, 0.5) is 11.5 Å². The van der Waals surface area contributed by atoms with E-state index in [4.69, 9.17) is 5.26 Å². The number of carbonyl (C=O) groups is 1. The number of nitrogens with zero attached hydrogens (tertiary/aromatic N) is 3. The van der Waals surface area contributed by atoms with E-state index in [0.29, 0.717) is 23.8 Å². The molecule has 6 heteroatoms. The second-order valence-electron chi connectivity index (χ2n) is 5.21. The summed E-state index contributed by atoms with van der Waals surface area (Å²) in [4.78, 5) is 20.1. The third kappa shape index (κ3) is 4.28. The molecule has 0 bridgehead atoms. The number of carbonyl (C=O) groups excluding carboxylic acids is 1. The molecule has 1 amide bonds. The van der Waals surface area contributed by atoms with Crippen LogP contribution >= 0.6 is 0 Å². The van der Waals surface area contributed by atoms with Crippen LogP contribution in [0.15, 0.2) is 36.7 Å². The van der Waals surface area contributed by atoms with Crippen molar-refractivity contribution in [1.82, 2.24) is 15.3 Å². The van der Waals surface area contributed by atoms with E-state index < -0.39 is 0 Å². The second kappa shape index (κ2) is 7.18. The van der Waals surface area contributed by atoms with E-state index in [9.17, 15) is 4.79 Å². The molecule has 0 fully saturated rings. The van der Waals surface area contributed by atoms with Crippen molar-refractivity contribution in [2.24, 2.45) is 5.92 Å². The normalized spacial score (nSPS) is 10.1. The highest BCUT2D eigenvalue weighted by Gasteiger charge is 2.08. The lowest BCUT2D eigenvalue weighted by atomic mass is 10.2. The van der Waals surface area contributed by atoms with Crippen LogP contribution in [0.3, 0.4) is 0 Å². The molecule has 1 heterocycles. The van der Waals surface area contributed by atoms with Gasteiger partial charge in [-0.2, -0.15) is 5.26 Å². The van der Waals surface area contributed by atoms with Gasteiger partial charge in [0.15, 0.2) is 0 Å². The van der Waals surface area contributed by atoms with Gasteiger partial charge in [0.2, 0.25) is 0 Å². The Balaban J connectivity index is 2.02. The molecule has 0 aliphatic rings. The summed E-state index contributed by atoms with van der Waals surface area (Å²) in [6.45, 7) is 4.64. The maximum Gasteiger partial charge on any atom is 0.271 e. The molecule has 2 N–H and O–H groups in total. The first-order valence-electron chi connectivity index (χ1n) is 6.96. The number of rotatable bonds is 5. The molecular formula is C16H17N5O. The Morgan fingerprint density at radius 2 is 2.14 bits per heavy atom. The molecule has 22 heavy (non-hydrogen) atoms. The molecule has 1 aromatic carbocycles. The third-order valence-corrected chi connectivity index (χ3v) is 2.82. The maximum absolute atomic E-state index is 11.8. The molecule has 0 radical (unpaired) electrons. The smallest absolute Gasteiger partial charge is 0.271 e. The van der Waals surface area contributed by atoms with Gasteiger partial charge in [0.25, 0.3) is 5.91 Å². The van der Waals surface area contributed by atoms with Crippen LogP contribution in [0.2, 0.25) is 0 Å². The van der Waals surface area contributed by atoms with Crippen molar-refractivity contribution < 1.29 is 4.79 Å². The number of aromatic nitrogens is 2. The van der Waals surface area contributed by atoms with E-state index in [0.717, 1.165) is 5.69 Å². The van der Waals surface area contributed by atoms with Crippen molar-refractivity contribution in [3.63, 3.8) is 0 Å². The van der Waals surface area contributed by atoms with E-state index in [1.165, 1.54) is 12.4 Å². The van der Waals surface area contributed by atoms with Gasteiger partial charge >= 0.3 is 0 Å². The lowest BCUT2D eigenvalue weighted by Crippen LogP contribution is -2.28. The van der Waals surface area contributed by atoms with Crippen LogP contribution in [-0.2, 0) is 0 Å². The molecule has 2 rings (SSSR count). The van der Waals surface area contributed by atoms with Crippen molar-refractivity contribution in [2.45, 2.75) is 13.8 Å². The number of nitriles is 1. The van der Waals surface area contributed by atoms with Crippen molar-refractivity contribution >= 4 is 17.4 Å². The SMILES string of the molecule is CC(C)CNC(=O)c1cnc(Nc2cccc(C#N)c2)cn1. The summed E-state index contributed by atoms with van der Waals surface area (Å²) in [7, 11) is 0. The molecule has 0 aliphatic heterocycles. The van der Waals surface area contributed by atoms with Crippen LogP contribution < -0.4 is 10.6 Å². The number of hydrogen-bond donors (Lipinski definition) is 2. The molecule has 0 unspecified atom stereocenters. The Bertz CT molecular complexity index is 688. The zero-order chi connectivity index (χ0) is 15.9. The summed E-state index contributed by atoms with van der Waals surface area (Å²) >= 11 is 0. The number of benzene rings is 1. The summed E-state index contributed by atoms with van der Waals surface area (Å²) in [5.74, 6) is 0.653. The van der Waals surface area contributed by atoms with Gasteiger partial charge in [0.05, 0.1) is 24.0 Å². The zero-order valence-corrected chi connectivity index (χ0v) is 12.5. The Labute approximate surface area is 129 Å². The Morgan fingerprint density at radius 1 is 1.32 bits per heavy atom. The minimum atomic E-state index is -0.237. The van der Waals surface area contributed by atoms with Gasteiger partial charge in [-0.15, -0.1) is 0 Å². The van der Waals surface area contributed by atoms with Crippen molar-refractivity contribution in [1.29, 1.82) is 5.26 Å². The zero-order valence-electron chi connectivity index (χ0n) is 12.5. The highest BCUT2D eigenvalue weighted by atomic mass is 16.1. The lowest BCUT2D eigenvalue weighted by Gasteiger charge is -2.08. The number of hydrogen-bond acceptors (Lipinski definition) is 5. The third-order valence-electron chi connectivity index (χ3n) is 2.82. The molecule has 0 atom stereocenters. The summed E-state index contributed by atoms with van der Waals surface area (Å²) in [6.07, 6.45) is 2.91. The first kappa shape index (κ1) is 15.4. The average molecular weight is 295 g/mol. The highest BCUT2D eigenvalue weighted by Crippen LogP contribution is 2.15. The fraction of sp³-hybridized carbons (Fsp3) is 0.250. The predicted molar refractivity (Wildman–Crippen MR) is 83.6 cm³/mol. The number of anilines is 2. The standard InChI is InChI=1S/C16H17N5O/c1-11(2)8-20-16(22)14-9-19-15(10-18-14)21-13-5-3-4-12(6-13)7-17/h3-6,9-11H,8H2,1-2H3,(H,19,21)(H,20,22). The van der Waals surface area contributed by atoms with Crippen LogP contribution in [0.1, 0.15) is 29.9 Å². The van der Waals surface area contributed by atoms with Crippen LogP contribution in [0.25, 0.3) is 0 Å². The summed E-state index contributed by atoms with van der Waals surface area (Å²) in [6, 6.07) is 9.11. The monoisotopic (exact) mass is 295 g/mol. The molecule has 0 saturated heterocycles. The van der Waals surface area contributed by atoms with Crippen LogP contribution in [-0.4, -0.2) is 22.4 Å². The summed E-state index contributed by atoms with van der Waals surface area (Å²) in [5.41, 5.74) is 1.57. The maximum atomic E-state index is 11.8. The Kier molecular flexibility index (Phi) is 5.04. The van der Waals surface area contributed by atoms with Gasteiger partial charge in [-0.3, -0.25) is 4.79 Å². The van der Waals surface area contributed by atoms with Crippen molar-refractivity contribution in [3.05, 3.63) is 47.9 Å². The van der Waals surface area contributed by atoms with Crippen molar-refractivity contribution in [2.75, 3.05) is 11.9 Å².